The van der Waals surface area contributed by atoms with Crippen LogP contribution in [0.4, 0.5) is 0 Å². The molecule has 0 aliphatic rings. The van der Waals surface area contributed by atoms with Crippen molar-refractivity contribution in [2.24, 2.45) is 0 Å². The highest BCUT2D eigenvalue weighted by molar-refractivity contribution is 5.94. The number of nitrogens with one attached hydrogen (secondary N) is 2. The van der Waals surface area contributed by atoms with E-state index in [1.54, 1.807) is 38.5 Å². The van der Waals surface area contributed by atoms with E-state index in [-0.39, 0.29) is 11.3 Å². The summed E-state index contributed by atoms with van der Waals surface area (Å²) in [4.78, 5) is 15.7. The third kappa shape index (κ3) is 3.52. The number of hydrogen-bond acceptors (Lipinski definition) is 3. The lowest BCUT2D eigenvalue weighted by Crippen LogP contribution is -2.36. The summed E-state index contributed by atoms with van der Waals surface area (Å²) in [5.74, 6) is 1.45. The maximum absolute atomic E-state index is 12.4. The Morgan fingerprint density at radius 2 is 1.69 bits per heavy atom. The van der Waals surface area contributed by atoms with Crippen LogP contribution in [-0.4, -0.2) is 31.7 Å². The Morgan fingerprint density at radius 1 is 1.04 bits per heavy atom. The van der Waals surface area contributed by atoms with Gasteiger partial charge in [0.1, 0.15) is 11.5 Å². The van der Waals surface area contributed by atoms with Crippen LogP contribution < -0.4 is 14.8 Å². The molecular weight excluding hydrogens is 328 g/mol. The van der Waals surface area contributed by atoms with Gasteiger partial charge in [-0.3, -0.25) is 4.79 Å². The smallest absolute Gasteiger partial charge is 0.251 e. The molecule has 1 aromatic heterocycles. The van der Waals surface area contributed by atoms with Gasteiger partial charge in [0.2, 0.25) is 0 Å². The Labute approximate surface area is 153 Å². The van der Waals surface area contributed by atoms with Crippen molar-refractivity contribution in [3.05, 3.63) is 59.8 Å². The van der Waals surface area contributed by atoms with E-state index in [1.807, 2.05) is 24.4 Å². The van der Waals surface area contributed by atoms with Crippen molar-refractivity contribution in [3.8, 4) is 11.5 Å². The first kappa shape index (κ1) is 17.9. The summed E-state index contributed by atoms with van der Waals surface area (Å²) in [6, 6.07) is 13.0. The third-order valence-electron chi connectivity index (χ3n) is 4.66. The van der Waals surface area contributed by atoms with Crippen molar-refractivity contribution in [2.45, 2.75) is 19.3 Å². The lowest BCUT2D eigenvalue weighted by molar-refractivity contribution is 0.0945. The van der Waals surface area contributed by atoms with E-state index in [2.05, 4.69) is 24.1 Å². The maximum atomic E-state index is 12.4. The van der Waals surface area contributed by atoms with Gasteiger partial charge >= 0.3 is 0 Å². The number of carbonyl (C=O) groups excluding carboxylic acids is 1. The summed E-state index contributed by atoms with van der Waals surface area (Å²) >= 11 is 0. The molecule has 0 aliphatic carbocycles. The first-order valence-corrected chi connectivity index (χ1v) is 8.52. The number of methoxy groups -OCH3 is 2. The molecule has 0 fully saturated rings. The number of aromatic amines is 1. The van der Waals surface area contributed by atoms with Crippen LogP contribution in [-0.2, 0) is 5.41 Å². The van der Waals surface area contributed by atoms with Crippen molar-refractivity contribution in [3.63, 3.8) is 0 Å². The van der Waals surface area contributed by atoms with Crippen LogP contribution >= 0.6 is 0 Å². The minimum absolute atomic E-state index is 0.0989. The average molecular weight is 352 g/mol. The minimum atomic E-state index is -0.243. The SMILES string of the molecule is COc1ccc(C(=O)NCC(C)(C)c2c[nH]c3ccc(OC)cc23)cc1. The number of benzene rings is 2. The fraction of sp³-hybridized carbons (Fsp3) is 0.286. The van der Waals surface area contributed by atoms with Crippen LogP contribution in [0.2, 0.25) is 0 Å². The molecule has 0 radical (unpaired) electrons. The Bertz CT molecular complexity index is 911. The molecule has 3 aromatic rings. The minimum Gasteiger partial charge on any atom is -0.497 e. The second kappa shape index (κ2) is 7.12. The molecule has 1 amide bonds. The number of hydrogen-bond donors (Lipinski definition) is 2. The molecule has 0 unspecified atom stereocenters. The molecule has 0 saturated carbocycles. The van der Waals surface area contributed by atoms with Gasteiger partial charge in [-0.15, -0.1) is 0 Å². The van der Waals surface area contributed by atoms with Crippen molar-refractivity contribution in [2.75, 3.05) is 20.8 Å². The van der Waals surface area contributed by atoms with Crippen LogP contribution in [0.5, 0.6) is 11.5 Å². The summed E-state index contributed by atoms with van der Waals surface area (Å²) in [5.41, 5.74) is 2.56. The zero-order valence-corrected chi connectivity index (χ0v) is 15.6. The molecule has 0 saturated heterocycles. The van der Waals surface area contributed by atoms with Crippen LogP contribution in [0.25, 0.3) is 10.9 Å². The molecule has 3 rings (SSSR count). The van der Waals surface area contributed by atoms with E-state index in [0.717, 1.165) is 28.0 Å². The second-order valence-electron chi connectivity index (χ2n) is 6.91. The molecular formula is C21H24N2O3. The van der Waals surface area contributed by atoms with E-state index in [0.29, 0.717) is 12.1 Å². The van der Waals surface area contributed by atoms with Crippen molar-refractivity contribution < 1.29 is 14.3 Å². The summed E-state index contributed by atoms with van der Waals surface area (Å²) in [6.45, 7) is 4.74. The van der Waals surface area contributed by atoms with Gasteiger partial charge < -0.3 is 19.8 Å². The monoisotopic (exact) mass is 352 g/mol. The van der Waals surface area contributed by atoms with Crippen molar-refractivity contribution >= 4 is 16.8 Å². The molecule has 1 heterocycles. The van der Waals surface area contributed by atoms with Gasteiger partial charge in [0.05, 0.1) is 14.2 Å². The van der Waals surface area contributed by atoms with Gasteiger partial charge in [-0.2, -0.15) is 0 Å². The van der Waals surface area contributed by atoms with Gasteiger partial charge in [-0.25, -0.2) is 0 Å². The van der Waals surface area contributed by atoms with E-state index in [9.17, 15) is 4.79 Å². The maximum Gasteiger partial charge on any atom is 0.251 e. The predicted octanol–water partition coefficient (Wildman–Crippen LogP) is 3.89. The Morgan fingerprint density at radius 3 is 2.35 bits per heavy atom. The van der Waals surface area contributed by atoms with Crippen molar-refractivity contribution in [1.82, 2.24) is 10.3 Å². The molecule has 2 aromatic carbocycles. The third-order valence-corrected chi connectivity index (χ3v) is 4.66. The van der Waals surface area contributed by atoms with Gasteiger partial charge in [0.25, 0.3) is 5.91 Å². The molecule has 0 atom stereocenters. The Kier molecular flexibility index (Phi) is 4.89. The van der Waals surface area contributed by atoms with E-state index >= 15 is 0 Å². The van der Waals surface area contributed by atoms with Gasteiger partial charge in [-0.05, 0) is 48.0 Å². The molecule has 0 aliphatic heterocycles. The largest absolute Gasteiger partial charge is 0.497 e. The van der Waals surface area contributed by atoms with Gasteiger partial charge in [0.15, 0.2) is 0 Å². The molecule has 5 heteroatoms. The van der Waals surface area contributed by atoms with E-state index in [4.69, 9.17) is 9.47 Å². The van der Waals surface area contributed by atoms with E-state index < -0.39 is 0 Å². The topological polar surface area (TPSA) is 63.3 Å². The normalized spacial score (nSPS) is 11.4. The highest BCUT2D eigenvalue weighted by Gasteiger charge is 2.25. The number of amides is 1. The van der Waals surface area contributed by atoms with Crippen LogP contribution in [0.3, 0.4) is 0 Å². The Hall–Kier alpha value is -2.95. The standard InChI is InChI=1S/C21H24N2O3/c1-21(2,13-23-20(24)14-5-7-15(25-3)8-6-14)18-12-22-19-10-9-16(26-4)11-17(18)19/h5-12,22H,13H2,1-4H3,(H,23,24). The van der Waals surface area contributed by atoms with Gasteiger partial charge in [0, 0.05) is 34.6 Å². The fourth-order valence-corrected chi connectivity index (χ4v) is 3.03. The first-order chi connectivity index (χ1) is 12.4. The lowest BCUT2D eigenvalue weighted by Gasteiger charge is -2.25. The lowest BCUT2D eigenvalue weighted by atomic mass is 9.84. The number of fused-ring (bicyclic) bond motifs is 1. The highest BCUT2D eigenvalue weighted by Crippen LogP contribution is 2.32. The number of ether oxygens (including phenoxy) is 2. The summed E-state index contributed by atoms with van der Waals surface area (Å²) in [5, 5.41) is 4.14. The Balaban J connectivity index is 1.77. The van der Waals surface area contributed by atoms with E-state index in [1.165, 1.54) is 0 Å². The summed E-state index contributed by atoms with van der Waals surface area (Å²) in [7, 11) is 3.27. The number of aromatic nitrogens is 1. The first-order valence-electron chi connectivity index (χ1n) is 8.52. The van der Waals surface area contributed by atoms with Crippen molar-refractivity contribution in [1.29, 1.82) is 0 Å². The quantitative estimate of drug-likeness (QED) is 0.707. The number of rotatable bonds is 6. The predicted molar refractivity (Wildman–Crippen MR) is 103 cm³/mol. The molecule has 26 heavy (non-hydrogen) atoms. The van der Waals surface area contributed by atoms with Crippen LogP contribution in [0.15, 0.2) is 48.7 Å². The molecule has 0 bridgehead atoms. The molecule has 5 nitrogen and oxygen atoms in total. The molecule has 0 spiro atoms. The van der Waals surface area contributed by atoms with Crippen LogP contribution in [0.1, 0.15) is 29.8 Å². The molecule has 2 N–H and O–H groups in total. The van der Waals surface area contributed by atoms with Crippen LogP contribution in [0, 0.1) is 0 Å². The summed E-state index contributed by atoms with van der Waals surface area (Å²) < 4.78 is 10.5. The number of carbonyl (C=O) groups is 1. The average Bonchev–Trinajstić information content (AvgIpc) is 3.10. The zero-order chi connectivity index (χ0) is 18.7. The second-order valence-corrected chi connectivity index (χ2v) is 6.91. The zero-order valence-electron chi connectivity index (χ0n) is 15.6. The summed E-state index contributed by atoms with van der Waals surface area (Å²) in [6.07, 6.45) is 2.00. The molecule has 136 valence electrons. The van der Waals surface area contributed by atoms with Gasteiger partial charge in [-0.1, -0.05) is 13.8 Å². The highest BCUT2D eigenvalue weighted by atomic mass is 16.5. The fourth-order valence-electron chi connectivity index (χ4n) is 3.03. The number of H-pyrrole nitrogens is 1.